The molecule has 0 spiro atoms. The minimum atomic E-state index is 0.374. The van der Waals surface area contributed by atoms with Gasteiger partial charge in [-0.15, -0.1) is 4.98 Å². The Morgan fingerprint density at radius 2 is 1.86 bits per heavy atom. The number of hydrogen-bond acceptors (Lipinski definition) is 2. The van der Waals surface area contributed by atoms with Crippen molar-refractivity contribution >= 4 is 5.82 Å². The third kappa shape index (κ3) is 1.59. The van der Waals surface area contributed by atoms with Gasteiger partial charge >= 0.3 is 0 Å². The Hall–Kier alpha value is -2.21. The van der Waals surface area contributed by atoms with Crippen LogP contribution in [0.2, 0.25) is 0 Å². The van der Waals surface area contributed by atoms with E-state index in [1.807, 2.05) is 30.3 Å². The van der Waals surface area contributed by atoms with Gasteiger partial charge in [-0.3, -0.25) is 0 Å². The second-order valence-corrected chi connectivity index (χ2v) is 2.74. The van der Waals surface area contributed by atoms with Crippen LogP contribution < -0.4 is 0 Å². The lowest BCUT2D eigenvalue weighted by atomic mass is 10.1. The van der Waals surface area contributed by atoms with E-state index in [-0.39, 0.29) is 0 Å². The maximum atomic E-state index is 6.84. The molecular weight excluding hydrogens is 174 g/mol. The Balaban J connectivity index is 2.49. The average molecular weight is 181 g/mol. The fourth-order valence-electron chi connectivity index (χ4n) is 1.17. The topological polar surface area (TPSA) is 30.1 Å². The zero-order valence-corrected chi connectivity index (χ0v) is 7.38. The Bertz CT molecular complexity index is 471. The van der Waals surface area contributed by atoms with E-state index in [1.54, 1.807) is 6.07 Å². The van der Waals surface area contributed by atoms with Crippen LogP contribution >= 0.6 is 0 Å². The molecule has 14 heavy (non-hydrogen) atoms. The highest BCUT2D eigenvalue weighted by Crippen LogP contribution is 2.18. The fraction of sp³-hybridized carbons (Fsp3) is 0. The van der Waals surface area contributed by atoms with Crippen molar-refractivity contribution in [1.82, 2.24) is 9.97 Å². The molecule has 3 heteroatoms. The third-order valence-electron chi connectivity index (χ3n) is 1.84. The normalized spacial score (nSPS) is 9.36. The molecule has 0 unspecified atom stereocenters. The SMILES string of the molecule is [C-]#[N+]c1cc(-c2ccccc2)ncn1. The Morgan fingerprint density at radius 1 is 1.07 bits per heavy atom. The largest absolute Gasteiger partial charge is 0.361 e. The molecule has 1 aromatic heterocycles. The summed E-state index contributed by atoms with van der Waals surface area (Å²) >= 11 is 0. The van der Waals surface area contributed by atoms with Crippen LogP contribution in [-0.4, -0.2) is 9.97 Å². The van der Waals surface area contributed by atoms with Crippen LogP contribution in [0.3, 0.4) is 0 Å². The molecule has 0 saturated heterocycles. The van der Waals surface area contributed by atoms with Crippen molar-refractivity contribution < 1.29 is 0 Å². The van der Waals surface area contributed by atoms with E-state index >= 15 is 0 Å². The van der Waals surface area contributed by atoms with Gasteiger partial charge in [0.15, 0.2) is 0 Å². The van der Waals surface area contributed by atoms with Gasteiger partial charge in [0.25, 0.3) is 5.82 Å². The summed E-state index contributed by atoms with van der Waals surface area (Å²) in [5.74, 6) is 0.374. The number of rotatable bonds is 1. The second kappa shape index (κ2) is 3.67. The molecule has 66 valence electrons. The maximum Gasteiger partial charge on any atom is 0.273 e. The summed E-state index contributed by atoms with van der Waals surface area (Å²) in [6, 6.07) is 11.4. The van der Waals surface area contributed by atoms with Gasteiger partial charge in [-0.25, -0.2) is 4.98 Å². The molecule has 1 heterocycles. The van der Waals surface area contributed by atoms with E-state index in [4.69, 9.17) is 6.57 Å². The number of nitrogens with zero attached hydrogens (tertiary/aromatic N) is 3. The monoisotopic (exact) mass is 181 g/mol. The average Bonchev–Trinajstić information content (AvgIpc) is 2.30. The molecular formula is C11H7N3. The van der Waals surface area contributed by atoms with Crippen molar-refractivity contribution in [3.63, 3.8) is 0 Å². The minimum absolute atomic E-state index is 0.374. The summed E-state index contributed by atoms with van der Waals surface area (Å²) in [5.41, 5.74) is 1.78. The van der Waals surface area contributed by atoms with E-state index in [1.165, 1.54) is 6.33 Å². The molecule has 1 aromatic carbocycles. The van der Waals surface area contributed by atoms with Crippen molar-refractivity contribution in [3.8, 4) is 11.3 Å². The van der Waals surface area contributed by atoms with Crippen molar-refractivity contribution in [3.05, 3.63) is 54.1 Å². The minimum Gasteiger partial charge on any atom is -0.361 e. The predicted octanol–water partition coefficient (Wildman–Crippen LogP) is 2.69. The van der Waals surface area contributed by atoms with E-state index in [0.717, 1.165) is 11.3 Å². The summed E-state index contributed by atoms with van der Waals surface area (Å²) in [7, 11) is 0. The van der Waals surface area contributed by atoms with Gasteiger partial charge in [0.05, 0.1) is 5.69 Å². The second-order valence-electron chi connectivity index (χ2n) is 2.74. The van der Waals surface area contributed by atoms with Crippen LogP contribution in [0.15, 0.2) is 42.7 Å². The van der Waals surface area contributed by atoms with Crippen molar-refractivity contribution in [2.75, 3.05) is 0 Å². The van der Waals surface area contributed by atoms with E-state index in [2.05, 4.69) is 14.8 Å². The standard InChI is InChI=1S/C11H7N3/c1-12-11-7-10(13-8-14-11)9-5-3-2-4-6-9/h2-8H. The van der Waals surface area contributed by atoms with Gasteiger partial charge in [-0.1, -0.05) is 36.9 Å². The third-order valence-corrected chi connectivity index (χ3v) is 1.84. The summed E-state index contributed by atoms with van der Waals surface area (Å²) in [6.45, 7) is 6.84. The van der Waals surface area contributed by atoms with Gasteiger partial charge in [-0.2, -0.15) is 0 Å². The van der Waals surface area contributed by atoms with Gasteiger partial charge in [0.1, 0.15) is 0 Å². The Labute approximate surface area is 81.9 Å². The highest BCUT2D eigenvalue weighted by atomic mass is 14.9. The first-order valence-electron chi connectivity index (χ1n) is 4.15. The first-order chi connectivity index (χ1) is 6.90. The van der Waals surface area contributed by atoms with Gasteiger partial charge in [0.2, 0.25) is 6.33 Å². The molecule has 0 fully saturated rings. The summed E-state index contributed by atoms with van der Waals surface area (Å²) in [5, 5.41) is 0. The van der Waals surface area contributed by atoms with Crippen molar-refractivity contribution in [2.24, 2.45) is 0 Å². The van der Waals surface area contributed by atoms with Crippen LogP contribution in [0.5, 0.6) is 0 Å². The number of hydrogen-bond donors (Lipinski definition) is 0. The van der Waals surface area contributed by atoms with Crippen LogP contribution in [0, 0.1) is 6.57 Å². The quantitative estimate of drug-likeness (QED) is 0.633. The van der Waals surface area contributed by atoms with Gasteiger partial charge in [-0.05, 0) is 11.6 Å². The zero-order chi connectivity index (χ0) is 9.80. The molecule has 0 aliphatic carbocycles. The van der Waals surface area contributed by atoms with Crippen molar-refractivity contribution in [1.29, 1.82) is 0 Å². The summed E-state index contributed by atoms with van der Waals surface area (Å²) in [6.07, 6.45) is 1.41. The van der Waals surface area contributed by atoms with E-state index in [9.17, 15) is 0 Å². The molecule has 0 aliphatic heterocycles. The molecule has 0 bridgehead atoms. The van der Waals surface area contributed by atoms with Gasteiger partial charge < -0.3 is 4.85 Å². The molecule has 0 atom stereocenters. The molecule has 0 amide bonds. The van der Waals surface area contributed by atoms with Crippen LogP contribution in [0.1, 0.15) is 0 Å². The highest BCUT2D eigenvalue weighted by molar-refractivity contribution is 5.61. The summed E-state index contributed by atoms with van der Waals surface area (Å²) < 4.78 is 0. The molecule has 0 N–H and O–H groups in total. The van der Waals surface area contributed by atoms with E-state index < -0.39 is 0 Å². The number of benzene rings is 1. The Morgan fingerprint density at radius 3 is 2.57 bits per heavy atom. The van der Waals surface area contributed by atoms with Crippen LogP contribution in [-0.2, 0) is 0 Å². The zero-order valence-electron chi connectivity index (χ0n) is 7.38. The Kier molecular flexibility index (Phi) is 2.20. The predicted molar refractivity (Wildman–Crippen MR) is 53.7 cm³/mol. The molecule has 0 radical (unpaired) electrons. The lowest BCUT2D eigenvalue weighted by Gasteiger charge is -1.98. The molecule has 0 aliphatic rings. The van der Waals surface area contributed by atoms with Crippen LogP contribution in [0.4, 0.5) is 5.82 Å². The lowest BCUT2D eigenvalue weighted by Crippen LogP contribution is -1.83. The van der Waals surface area contributed by atoms with Gasteiger partial charge in [0, 0.05) is 0 Å². The first kappa shape index (κ1) is 8.39. The lowest BCUT2D eigenvalue weighted by molar-refractivity contribution is 1.19. The summed E-state index contributed by atoms with van der Waals surface area (Å²) in [4.78, 5) is 11.2. The molecule has 2 aromatic rings. The highest BCUT2D eigenvalue weighted by Gasteiger charge is 2.00. The van der Waals surface area contributed by atoms with Crippen LogP contribution in [0.25, 0.3) is 16.1 Å². The number of aromatic nitrogens is 2. The molecule has 3 nitrogen and oxygen atoms in total. The van der Waals surface area contributed by atoms with E-state index in [0.29, 0.717) is 5.82 Å². The smallest absolute Gasteiger partial charge is 0.273 e. The maximum absolute atomic E-state index is 6.84. The fourth-order valence-corrected chi connectivity index (χ4v) is 1.17. The molecule has 0 saturated carbocycles. The first-order valence-corrected chi connectivity index (χ1v) is 4.15. The molecule has 2 rings (SSSR count). The van der Waals surface area contributed by atoms with Crippen molar-refractivity contribution in [2.45, 2.75) is 0 Å².